The van der Waals surface area contributed by atoms with E-state index < -0.39 is 0 Å². The summed E-state index contributed by atoms with van der Waals surface area (Å²) in [7, 11) is 0. The zero-order valence-electron chi connectivity index (χ0n) is 16.4. The second kappa shape index (κ2) is 10.5. The average molecular weight is 430 g/mol. The number of rotatable bonds is 9. The van der Waals surface area contributed by atoms with E-state index in [0.717, 1.165) is 18.6 Å². The maximum Gasteiger partial charge on any atom is 0.258 e. The van der Waals surface area contributed by atoms with Crippen LogP contribution in [0.1, 0.15) is 32.0 Å². The molecule has 0 atom stereocenters. The van der Waals surface area contributed by atoms with Crippen molar-refractivity contribution in [2.45, 2.75) is 37.6 Å². The fourth-order valence-electron chi connectivity index (χ4n) is 3.07. The second-order valence-corrected chi connectivity index (χ2v) is 8.36. The van der Waals surface area contributed by atoms with Gasteiger partial charge in [0.15, 0.2) is 0 Å². The van der Waals surface area contributed by atoms with Gasteiger partial charge in [0, 0.05) is 22.9 Å². The Hall–Kier alpha value is -2.31. The molecule has 3 rings (SSSR count). The Morgan fingerprint density at radius 2 is 2.00 bits per heavy atom. The third-order valence-electron chi connectivity index (χ3n) is 4.45. The minimum atomic E-state index is -0.218. The van der Waals surface area contributed by atoms with Crippen molar-refractivity contribution >= 4 is 40.2 Å². The number of aromatic amines is 1. The van der Waals surface area contributed by atoms with E-state index in [1.54, 1.807) is 34.9 Å². The molecular weight excluding hydrogens is 406 g/mol. The van der Waals surface area contributed by atoms with Crippen LogP contribution < -0.4 is 5.56 Å². The van der Waals surface area contributed by atoms with Crippen molar-refractivity contribution in [3.63, 3.8) is 0 Å². The Kier molecular flexibility index (Phi) is 7.72. The van der Waals surface area contributed by atoms with Crippen molar-refractivity contribution in [3.8, 4) is 0 Å². The summed E-state index contributed by atoms with van der Waals surface area (Å²) in [4.78, 5) is 35.3. The second-order valence-electron chi connectivity index (χ2n) is 6.75. The van der Waals surface area contributed by atoms with Gasteiger partial charge in [-0.05, 0) is 48.9 Å². The maximum absolute atomic E-state index is 12.7. The van der Waals surface area contributed by atoms with E-state index >= 15 is 0 Å². The molecule has 0 radical (unpaired) electrons. The highest BCUT2D eigenvalue weighted by Crippen LogP contribution is 2.19. The Balaban J connectivity index is 1.62. The highest BCUT2D eigenvalue weighted by Gasteiger charge is 2.15. The first-order chi connectivity index (χ1) is 14.1. The molecular formula is C22H24ClN3O2S. The van der Waals surface area contributed by atoms with Crippen molar-refractivity contribution in [2.75, 3.05) is 12.3 Å². The number of halogens is 1. The number of aromatic nitrogens is 2. The normalized spacial score (nSPS) is 11.0. The molecule has 1 heterocycles. The number of nitrogens with one attached hydrogen (secondary N) is 1. The summed E-state index contributed by atoms with van der Waals surface area (Å²) in [5.74, 6) is 1.44. The molecule has 3 aromatic rings. The largest absolute Gasteiger partial charge is 0.335 e. The van der Waals surface area contributed by atoms with Gasteiger partial charge in [-0.25, -0.2) is 4.98 Å². The fourth-order valence-corrected chi connectivity index (χ4v) is 4.11. The van der Waals surface area contributed by atoms with Gasteiger partial charge in [0.2, 0.25) is 5.91 Å². The molecule has 1 amide bonds. The summed E-state index contributed by atoms with van der Waals surface area (Å²) in [6.45, 7) is 2.94. The minimum Gasteiger partial charge on any atom is -0.335 e. The number of carbonyl (C=O) groups excluding carboxylic acids is 1. The third kappa shape index (κ3) is 6.08. The molecule has 0 fully saturated rings. The van der Waals surface area contributed by atoms with Crippen molar-refractivity contribution in [1.29, 1.82) is 0 Å². The van der Waals surface area contributed by atoms with Gasteiger partial charge in [0.05, 0.1) is 17.4 Å². The van der Waals surface area contributed by atoms with E-state index in [4.69, 9.17) is 11.6 Å². The summed E-state index contributed by atoms with van der Waals surface area (Å²) >= 11 is 7.78. The average Bonchev–Trinajstić information content (AvgIpc) is 2.71. The maximum atomic E-state index is 12.7. The van der Waals surface area contributed by atoms with Crippen LogP contribution in [-0.2, 0) is 11.3 Å². The van der Waals surface area contributed by atoms with Crippen LogP contribution in [0, 0.1) is 0 Å². The smallest absolute Gasteiger partial charge is 0.258 e. The van der Waals surface area contributed by atoms with Crippen LogP contribution in [0.3, 0.4) is 0 Å². The Morgan fingerprint density at radius 3 is 2.76 bits per heavy atom. The van der Waals surface area contributed by atoms with Gasteiger partial charge in [-0.15, -0.1) is 11.8 Å². The Labute approximate surface area is 179 Å². The monoisotopic (exact) mass is 429 g/mol. The van der Waals surface area contributed by atoms with E-state index in [1.807, 2.05) is 25.1 Å². The van der Waals surface area contributed by atoms with Crippen LogP contribution in [0.25, 0.3) is 10.9 Å². The highest BCUT2D eigenvalue weighted by molar-refractivity contribution is 7.99. The Bertz CT molecular complexity index is 1020. The van der Waals surface area contributed by atoms with E-state index in [2.05, 4.69) is 22.1 Å². The molecule has 0 saturated heterocycles. The van der Waals surface area contributed by atoms with Gasteiger partial charge in [0.1, 0.15) is 5.82 Å². The Morgan fingerprint density at radius 1 is 1.21 bits per heavy atom. The van der Waals surface area contributed by atoms with E-state index in [9.17, 15) is 9.59 Å². The molecule has 0 aliphatic rings. The lowest BCUT2D eigenvalue weighted by Crippen LogP contribution is -2.32. The summed E-state index contributed by atoms with van der Waals surface area (Å²) in [5.41, 5.74) is 0.323. The lowest BCUT2D eigenvalue weighted by Gasteiger charge is -2.21. The van der Waals surface area contributed by atoms with Gasteiger partial charge in [0.25, 0.3) is 5.56 Å². The molecule has 0 spiro atoms. The molecule has 5 nitrogen and oxygen atoms in total. The zero-order valence-corrected chi connectivity index (χ0v) is 17.9. The number of amides is 1. The molecule has 2 aromatic carbocycles. The summed E-state index contributed by atoms with van der Waals surface area (Å²) in [6, 6.07) is 15.2. The van der Waals surface area contributed by atoms with E-state index in [1.165, 1.54) is 4.90 Å². The molecule has 1 aromatic heterocycles. The molecule has 29 heavy (non-hydrogen) atoms. The van der Waals surface area contributed by atoms with Gasteiger partial charge < -0.3 is 9.88 Å². The fraction of sp³-hybridized carbons (Fsp3) is 0.318. The lowest BCUT2D eigenvalue weighted by molar-refractivity contribution is -0.132. The minimum absolute atomic E-state index is 0.0781. The predicted molar refractivity (Wildman–Crippen MR) is 119 cm³/mol. The first kappa shape index (κ1) is 21.4. The summed E-state index contributed by atoms with van der Waals surface area (Å²) in [5, 5.41) is 1.02. The van der Waals surface area contributed by atoms with Crippen LogP contribution in [0.2, 0.25) is 5.02 Å². The van der Waals surface area contributed by atoms with Crippen LogP contribution in [-0.4, -0.2) is 33.1 Å². The molecule has 0 aliphatic carbocycles. The molecule has 1 N–H and O–H groups in total. The lowest BCUT2D eigenvalue weighted by atomic mass is 10.2. The molecule has 0 aliphatic heterocycles. The number of benzene rings is 2. The van der Waals surface area contributed by atoms with Crippen molar-refractivity contribution in [3.05, 3.63) is 69.7 Å². The number of nitrogens with zero attached hydrogens (tertiary/aromatic N) is 2. The van der Waals surface area contributed by atoms with Gasteiger partial charge >= 0.3 is 0 Å². The first-order valence-corrected chi connectivity index (χ1v) is 11.1. The number of thioether (sulfide) groups is 1. The SMILES string of the molecule is CCCN(Cc1nc2cc(Cl)ccc2c(=O)[nH]1)C(=O)CCCSc1ccccc1. The standard InChI is InChI=1S/C22H24ClN3O2S/c1-2-12-26(21(27)9-6-13-29-17-7-4-3-5-8-17)15-20-24-19-14-16(23)10-11-18(19)22(28)25-20/h3-5,7-8,10-11,14H,2,6,9,12-13,15H2,1H3,(H,24,25,28). The van der Waals surface area contributed by atoms with Gasteiger partial charge in [-0.1, -0.05) is 36.7 Å². The van der Waals surface area contributed by atoms with Crippen molar-refractivity contribution < 1.29 is 4.79 Å². The number of fused-ring (bicyclic) bond motifs is 1. The highest BCUT2D eigenvalue weighted by atomic mass is 35.5. The van der Waals surface area contributed by atoms with Gasteiger partial charge in [-0.2, -0.15) is 0 Å². The van der Waals surface area contributed by atoms with Crippen molar-refractivity contribution in [2.24, 2.45) is 0 Å². The van der Waals surface area contributed by atoms with Crippen LogP contribution in [0.15, 0.2) is 58.2 Å². The van der Waals surface area contributed by atoms with Crippen molar-refractivity contribution in [1.82, 2.24) is 14.9 Å². The zero-order chi connectivity index (χ0) is 20.6. The predicted octanol–water partition coefficient (Wildman–Crippen LogP) is 4.89. The third-order valence-corrected chi connectivity index (χ3v) is 5.78. The number of H-pyrrole nitrogens is 1. The summed E-state index contributed by atoms with van der Waals surface area (Å²) in [6.07, 6.45) is 2.12. The summed E-state index contributed by atoms with van der Waals surface area (Å²) < 4.78 is 0. The topological polar surface area (TPSA) is 66.1 Å². The number of hydrogen-bond acceptors (Lipinski definition) is 4. The van der Waals surface area contributed by atoms with Crippen LogP contribution >= 0.6 is 23.4 Å². The molecule has 0 saturated carbocycles. The molecule has 7 heteroatoms. The van der Waals surface area contributed by atoms with Crippen LogP contribution in [0.4, 0.5) is 0 Å². The molecule has 0 bridgehead atoms. The molecule has 0 unspecified atom stereocenters. The van der Waals surface area contributed by atoms with Crippen LogP contribution in [0.5, 0.6) is 0 Å². The quantitative estimate of drug-likeness (QED) is 0.388. The van der Waals surface area contributed by atoms with Gasteiger partial charge in [-0.3, -0.25) is 9.59 Å². The molecule has 152 valence electrons. The van der Waals surface area contributed by atoms with E-state index in [0.29, 0.717) is 34.7 Å². The number of carbonyl (C=O) groups is 1. The first-order valence-electron chi connectivity index (χ1n) is 9.71. The number of hydrogen-bond donors (Lipinski definition) is 1. The van der Waals surface area contributed by atoms with E-state index in [-0.39, 0.29) is 18.0 Å².